The van der Waals surface area contributed by atoms with Crippen LogP contribution in [0.2, 0.25) is 0 Å². The molecular weight excluding hydrogens is 326 g/mol. The maximum absolute atomic E-state index is 12.2. The number of carbonyl (C=O) groups is 2. The van der Waals surface area contributed by atoms with E-state index in [0.29, 0.717) is 5.56 Å². The van der Waals surface area contributed by atoms with Gasteiger partial charge in [0.1, 0.15) is 12.6 Å². The van der Waals surface area contributed by atoms with Gasteiger partial charge in [0, 0.05) is 18.2 Å². The smallest absolute Gasteiger partial charge is 0.328 e. The van der Waals surface area contributed by atoms with Crippen molar-refractivity contribution in [2.75, 3.05) is 7.11 Å². The third-order valence-corrected chi connectivity index (χ3v) is 3.61. The molecule has 8 nitrogen and oxygen atoms in total. The van der Waals surface area contributed by atoms with E-state index < -0.39 is 29.2 Å². The van der Waals surface area contributed by atoms with Crippen molar-refractivity contribution in [2.24, 2.45) is 0 Å². The normalized spacial score (nSPS) is 11.6. The van der Waals surface area contributed by atoms with Crippen LogP contribution in [0.15, 0.2) is 46.1 Å². The molecule has 0 radical (unpaired) electrons. The van der Waals surface area contributed by atoms with E-state index in [1.165, 1.54) is 20.2 Å². The molecule has 0 saturated carbocycles. The molecule has 2 N–H and O–H groups in total. The summed E-state index contributed by atoms with van der Waals surface area (Å²) in [6.07, 6.45) is 1.56. The van der Waals surface area contributed by atoms with E-state index in [4.69, 9.17) is 4.74 Å². The number of carbonyl (C=O) groups excluding carboxylic acids is 2. The highest BCUT2D eigenvalue weighted by molar-refractivity contribution is 5.84. The zero-order chi connectivity index (χ0) is 18.4. The van der Waals surface area contributed by atoms with E-state index in [0.717, 1.165) is 10.1 Å². The second-order valence-electron chi connectivity index (χ2n) is 5.53. The molecule has 0 unspecified atom stereocenters. The standard InChI is InChI=1S/C17H19N3O5/c1-11-9-20(17(24)19-15(11)22)10-14(21)18-13(16(23)25-2)8-12-6-4-3-5-7-12/h3-7,9,13H,8,10H2,1-2H3,(H,18,21)(H,19,22,24)/t13-/m1/s1. The molecule has 8 heteroatoms. The zero-order valence-corrected chi connectivity index (χ0v) is 13.9. The number of esters is 1. The maximum atomic E-state index is 12.2. The molecule has 1 heterocycles. The molecule has 0 aliphatic carbocycles. The van der Waals surface area contributed by atoms with Crippen LogP contribution >= 0.6 is 0 Å². The van der Waals surface area contributed by atoms with Crippen molar-refractivity contribution in [3.8, 4) is 0 Å². The van der Waals surface area contributed by atoms with E-state index in [9.17, 15) is 19.2 Å². The maximum Gasteiger partial charge on any atom is 0.328 e. The predicted molar refractivity (Wildman–Crippen MR) is 90.2 cm³/mol. The summed E-state index contributed by atoms with van der Waals surface area (Å²) < 4.78 is 5.80. The molecule has 2 aromatic rings. The number of nitrogens with one attached hydrogen (secondary N) is 2. The molecule has 1 aromatic heterocycles. The minimum Gasteiger partial charge on any atom is -0.467 e. The highest BCUT2D eigenvalue weighted by Crippen LogP contribution is 2.04. The first kappa shape index (κ1) is 18.2. The number of rotatable bonds is 6. The lowest BCUT2D eigenvalue weighted by molar-refractivity contribution is -0.145. The number of nitrogens with zero attached hydrogens (tertiary/aromatic N) is 1. The van der Waals surface area contributed by atoms with Crippen molar-refractivity contribution in [1.29, 1.82) is 0 Å². The summed E-state index contributed by atoms with van der Waals surface area (Å²) in [5.41, 5.74) is -0.0296. The Bertz CT molecular complexity index is 870. The molecule has 132 valence electrons. The number of aromatic amines is 1. The Hall–Kier alpha value is -3.16. The van der Waals surface area contributed by atoms with Gasteiger partial charge in [-0.15, -0.1) is 0 Å². The lowest BCUT2D eigenvalue weighted by Gasteiger charge is -2.17. The molecule has 1 aromatic carbocycles. The first-order valence-corrected chi connectivity index (χ1v) is 7.62. The predicted octanol–water partition coefficient (Wildman–Crippen LogP) is -0.254. The van der Waals surface area contributed by atoms with E-state index in [1.807, 2.05) is 30.3 Å². The van der Waals surface area contributed by atoms with Crippen molar-refractivity contribution in [3.63, 3.8) is 0 Å². The Morgan fingerprint density at radius 3 is 2.56 bits per heavy atom. The fourth-order valence-corrected chi connectivity index (χ4v) is 2.32. The molecule has 25 heavy (non-hydrogen) atoms. The Labute approximate surface area is 143 Å². The van der Waals surface area contributed by atoms with Crippen LogP contribution < -0.4 is 16.6 Å². The number of ether oxygens (including phenoxy) is 1. The lowest BCUT2D eigenvalue weighted by atomic mass is 10.1. The number of hydrogen-bond acceptors (Lipinski definition) is 5. The van der Waals surface area contributed by atoms with Gasteiger partial charge in [0.2, 0.25) is 5.91 Å². The molecule has 0 spiro atoms. The van der Waals surface area contributed by atoms with Gasteiger partial charge < -0.3 is 10.1 Å². The second-order valence-corrected chi connectivity index (χ2v) is 5.53. The number of amides is 1. The summed E-state index contributed by atoms with van der Waals surface area (Å²) in [5, 5.41) is 2.56. The Kier molecular flexibility index (Phi) is 5.89. The molecule has 0 aliphatic heterocycles. The van der Waals surface area contributed by atoms with Gasteiger partial charge in [0.15, 0.2) is 0 Å². The van der Waals surface area contributed by atoms with Crippen LogP contribution in [-0.2, 0) is 27.3 Å². The largest absolute Gasteiger partial charge is 0.467 e. The topological polar surface area (TPSA) is 110 Å². The third kappa shape index (κ3) is 4.90. The van der Waals surface area contributed by atoms with Crippen molar-refractivity contribution in [2.45, 2.75) is 25.9 Å². The molecule has 1 atom stereocenters. The number of benzene rings is 1. The van der Waals surface area contributed by atoms with Gasteiger partial charge >= 0.3 is 11.7 Å². The first-order valence-electron chi connectivity index (χ1n) is 7.62. The minimum absolute atomic E-state index is 0.263. The summed E-state index contributed by atoms with van der Waals surface area (Å²) in [6.45, 7) is 1.21. The SMILES string of the molecule is COC(=O)[C@@H](Cc1ccccc1)NC(=O)Cn1cc(C)c(=O)[nH]c1=O. The fourth-order valence-electron chi connectivity index (χ4n) is 2.32. The highest BCUT2D eigenvalue weighted by atomic mass is 16.5. The van der Waals surface area contributed by atoms with Gasteiger partial charge in [-0.25, -0.2) is 9.59 Å². The number of methoxy groups -OCH3 is 1. The Morgan fingerprint density at radius 1 is 1.24 bits per heavy atom. The Morgan fingerprint density at radius 2 is 1.92 bits per heavy atom. The number of H-pyrrole nitrogens is 1. The molecule has 0 bridgehead atoms. The monoisotopic (exact) mass is 345 g/mol. The van der Waals surface area contributed by atoms with Crippen LogP contribution in [0.1, 0.15) is 11.1 Å². The van der Waals surface area contributed by atoms with Crippen molar-refractivity contribution in [1.82, 2.24) is 14.9 Å². The zero-order valence-electron chi connectivity index (χ0n) is 13.9. The van der Waals surface area contributed by atoms with Crippen molar-refractivity contribution >= 4 is 11.9 Å². The minimum atomic E-state index is -0.875. The van der Waals surface area contributed by atoms with E-state index in [2.05, 4.69) is 10.3 Å². The van der Waals surface area contributed by atoms with E-state index in [-0.39, 0.29) is 13.0 Å². The summed E-state index contributed by atoms with van der Waals surface area (Å²) in [5.74, 6) is -1.12. The van der Waals surface area contributed by atoms with E-state index >= 15 is 0 Å². The van der Waals surface area contributed by atoms with Crippen LogP contribution in [0.4, 0.5) is 0 Å². The summed E-state index contributed by atoms with van der Waals surface area (Å²) in [6, 6.07) is 8.29. The number of aryl methyl sites for hydroxylation is 1. The molecule has 1 amide bonds. The summed E-state index contributed by atoms with van der Waals surface area (Å²) >= 11 is 0. The van der Waals surface area contributed by atoms with Crippen molar-refractivity contribution < 1.29 is 14.3 Å². The average Bonchev–Trinajstić information content (AvgIpc) is 2.59. The van der Waals surface area contributed by atoms with E-state index in [1.54, 1.807) is 0 Å². The van der Waals surface area contributed by atoms with Crippen LogP contribution in [0.25, 0.3) is 0 Å². The van der Waals surface area contributed by atoms with Gasteiger partial charge in [0.05, 0.1) is 7.11 Å². The number of hydrogen-bond donors (Lipinski definition) is 2. The summed E-state index contributed by atoms with van der Waals surface area (Å²) in [4.78, 5) is 49.3. The van der Waals surface area contributed by atoms with Crippen LogP contribution in [0.3, 0.4) is 0 Å². The van der Waals surface area contributed by atoms with Crippen molar-refractivity contribution in [3.05, 3.63) is 68.5 Å². The molecule has 0 saturated heterocycles. The highest BCUT2D eigenvalue weighted by Gasteiger charge is 2.22. The van der Waals surface area contributed by atoms with Gasteiger partial charge in [0.25, 0.3) is 5.56 Å². The molecule has 0 fully saturated rings. The van der Waals surface area contributed by atoms with Crippen LogP contribution in [-0.4, -0.2) is 34.6 Å². The summed E-state index contributed by atoms with van der Waals surface area (Å²) in [7, 11) is 1.24. The second kappa shape index (κ2) is 8.09. The first-order chi connectivity index (χ1) is 11.9. The van der Waals surface area contributed by atoms with Gasteiger partial charge in [-0.05, 0) is 12.5 Å². The third-order valence-electron chi connectivity index (χ3n) is 3.61. The van der Waals surface area contributed by atoms with Crippen LogP contribution in [0, 0.1) is 6.92 Å². The van der Waals surface area contributed by atoms with Crippen LogP contribution in [0.5, 0.6) is 0 Å². The molecule has 2 rings (SSSR count). The fraction of sp³-hybridized carbons (Fsp3) is 0.294. The lowest BCUT2D eigenvalue weighted by Crippen LogP contribution is -2.45. The number of aromatic nitrogens is 2. The quantitative estimate of drug-likeness (QED) is 0.701. The van der Waals surface area contributed by atoms with Gasteiger partial charge in [-0.1, -0.05) is 30.3 Å². The Balaban J connectivity index is 2.12. The molecule has 0 aliphatic rings. The average molecular weight is 345 g/mol. The molecular formula is C17H19N3O5. The van der Waals surface area contributed by atoms with Gasteiger partial charge in [-0.2, -0.15) is 0 Å². The van der Waals surface area contributed by atoms with Gasteiger partial charge in [-0.3, -0.25) is 19.1 Å².